The quantitative estimate of drug-likeness (QED) is 0.684. The third-order valence-electron chi connectivity index (χ3n) is 4.85. The number of hydrogen-bond acceptors (Lipinski definition) is 4. The van der Waals surface area contributed by atoms with Crippen LogP contribution in [-0.4, -0.2) is 33.6 Å². The van der Waals surface area contributed by atoms with Gasteiger partial charge in [-0.1, -0.05) is 48.5 Å². The number of anilines is 1. The summed E-state index contributed by atoms with van der Waals surface area (Å²) < 4.78 is 0. The van der Waals surface area contributed by atoms with Crippen LogP contribution in [0.5, 0.6) is 0 Å². The highest BCUT2D eigenvalue weighted by molar-refractivity contribution is 6.23. The molecule has 0 spiro atoms. The summed E-state index contributed by atoms with van der Waals surface area (Å²) in [5, 5.41) is 2.75. The van der Waals surface area contributed by atoms with Crippen molar-refractivity contribution < 1.29 is 14.4 Å². The average Bonchev–Trinajstić information content (AvgIpc) is 2.98. The lowest BCUT2D eigenvalue weighted by Crippen LogP contribution is -2.48. The number of rotatable bonds is 5. The maximum atomic E-state index is 13.2. The van der Waals surface area contributed by atoms with Crippen LogP contribution in [0.4, 0.5) is 5.82 Å². The molecule has 4 rings (SSSR count). The van der Waals surface area contributed by atoms with Crippen molar-refractivity contribution in [2.45, 2.75) is 19.4 Å². The highest BCUT2D eigenvalue weighted by Gasteiger charge is 2.42. The summed E-state index contributed by atoms with van der Waals surface area (Å²) in [6.45, 7) is 1.82. The van der Waals surface area contributed by atoms with Crippen LogP contribution in [0.2, 0.25) is 0 Å². The summed E-state index contributed by atoms with van der Waals surface area (Å²) in [6.07, 6.45) is 0.212. The molecule has 0 saturated carbocycles. The van der Waals surface area contributed by atoms with E-state index in [0.29, 0.717) is 16.9 Å². The third kappa shape index (κ3) is 3.65. The molecule has 3 amide bonds. The maximum Gasteiger partial charge on any atom is 0.262 e. The van der Waals surface area contributed by atoms with Crippen LogP contribution in [0.3, 0.4) is 0 Å². The van der Waals surface area contributed by atoms with Crippen LogP contribution in [0.25, 0.3) is 0 Å². The lowest BCUT2D eigenvalue weighted by Gasteiger charge is -2.25. The van der Waals surface area contributed by atoms with Gasteiger partial charge in [0.05, 0.1) is 11.1 Å². The molecule has 0 aliphatic carbocycles. The highest BCUT2D eigenvalue weighted by Crippen LogP contribution is 2.26. The minimum atomic E-state index is -0.993. The zero-order valence-corrected chi connectivity index (χ0v) is 15.8. The smallest absolute Gasteiger partial charge is 0.262 e. The van der Waals surface area contributed by atoms with Crippen LogP contribution < -0.4 is 5.32 Å². The van der Waals surface area contributed by atoms with Crippen molar-refractivity contribution in [1.29, 1.82) is 0 Å². The Morgan fingerprint density at radius 2 is 1.52 bits per heavy atom. The standard InChI is InChI=1S/C23H19N3O3/c1-15-8-7-13-20(24-15)25-21(27)19(14-16-9-3-2-4-10-16)26-22(28)17-11-5-6-12-18(17)23(26)29/h2-13,19H,14H2,1H3,(H,24,25,27). The van der Waals surface area contributed by atoms with E-state index in [9.17, 15) is 14.4 Å². The van der Waals surface area contributed by atoms with Gasteiger partial charge in [-0.25, -0.2) is 4.98 Å². The lowest BCUT2D eigenvalue weighted by molar-refractivity contribution is -0.120. The van der Waals surface area contributed by atoms with E-state index in [-0.39, 0.29) is 6.42 Å². The first-order chi connectivity index (χ1) is 14.0. The van der Waals surface area contributed by atoms with E-state index >= 15 is 0 Å². The number of amides is 3. The summed E-state index contributed by atoms with van der Waals surface area (Å²) in [5.41, 5.74) is 2.23. The number of pyridine rings is 1. The minimum absolute atomic E-state index is 0.212. The molecular weight excluding hydrogens is 366 g/mol. The molecule has 0 radical (unpaired) electrons. The Kier molecular flexibility index (Phi) is 4.91. The molecule has 29 heavy (non-hydrogen) atoms. The van der Waals surface area contributed by atoms with Gasteiger partial charge in [-0.15, -0.1) is 0 Å². The molecule has 1 aliphatic heterocycles. The number of carbonyl (C=O) groups is 3. The molecule has 6 nitrogen and oxygen atoms in total. The number of fused-ring (bicyclic) bond motifs is 1. The van der Waals surface area contributed by atoms with E-state index < -0.39 is 23.8 Å². The van der Waals surface area contributed by atoms with Gasteiger partial charge in [0.25, 0.3) is 11.8 Å². The first-order valence-corrected chi connectivity index (χ1v) is 9.30. The predicted octanol–water partition coefficient (Wildman–Crippen LogP) is 3.24. The SMILES string of the molecule is Cc1cccc(NC(=O)C(Cc2ccccc2)N2C(=O)c3ccccc3C2=O)n1. The first-order valence-electron chi connectivity index (χ1n) is 9.30. The van der Waals surface area contributed by atoms with Gasteiger partial charge in [0, 0.05) is 12.1 Å². The summed E-state index contributed by atoms with van der Waals surface area (Å²) in [5.74, 6) is -0.996. The zero-order chi connectivity index (χ0) is 20.4. The number of nitrogens with one attached hydrogen (secondary N) is 1. The van der Waals surface area contributed by atoms with Crippen molar-refractivity contribution in [3.05, 3.63) is 95.2 Å². The fourth-order valence-electron chi connectivity index (χ4n) is 3.45. The largest absolute Gasteiger partial charge is 0.309 e. The van der Waals surface area contributed by atoms with Crippen molar-refractivity contribution in [3.63, 3.8) is 0 Å². The van der Waals surface area contributed by atoms with Crippen LogP contribution in [0.1, 0.15) is 32.0 Å². The third-order valence-corrected chi connectivity index (χ3v) is 4.85. The zero-order valence-electron chi connectivity index (χ0n) is 15.8. The van der Waals surface area contributed by atoms with Crippen molar-refractivity contribution >= 4 is 23.5 Å². The summed E-state index contributed by atoms with van der Waals surface area (Å²) in [7, 11) is 0. The second-order valence-corrected chi connectivity index (χ2v) is 6.88. The molecule has 0 saturated heterocycles. The Bertz CT molecular complexity index is 1060. The van der Waals surface area contributed by atoms with E-state index in [1.165, 1.54) is 0 Å². The number of benzene rings is 2. The Hall–Kier alpha value is -3.80. The molecule has 2 aromatic carbocycles. The topological polar surface area (TPSA) is 79.4 Å². The molecule has 6 heteroatoms. The number of aryl methyl sites for hydroxylation is 1. The predicted molar refractivity (Wildman–Crippen MR) is 108 cm³/mol. The van der Waals surface area contributed by atoms with E-state index in [0.717, 1.165) is 16.2 Å². The molecule has 3 aromatic rings. The molecule has 1 atom stereocenters. The first kappa shape index (κ1) is 18.6. The fraction of sp³-hybridized carbons (Fsp3) is 0.130. The minimum Gasteiger partial charge on any atom is -0.309 e. The van der Waals surface area contributed by atoms with Gasteiger partial charge in [0.2, 0.25) is 5.91 Å². The van der Waals surface area contributed by atoms with Crippen LogP contribution in [-0.2, 0) is 11.2 Å². The summed E-state index contributed by atoms with van der Waals surface area (Å²) in [6, 6.07) is 20.2. The van der Waals surface area contributed by atoms with Crippen molar-refractivity contribution in [1.82, 2.24) is 9.88 Å². The lowest BCUT2D eigenvalue weighted by atomic mass is 10.0. The van der Waals surface area contributed by atoms with Gasteiger partial charge in [0.15, 0.2) is 0 Å². The maximum absolute atomic E-state index is 13.2. The molecule has 0 fully saturated rings. The molecule has 2 heterocycles. The van der Waals surface area contributed by atoms with Gasteiger partial charge in [-0.2, -0.15) is 0 Å². The molecule has 1 aromatic heterocycles. The Balaban J connectivity index is 1.68. The monoisotopic (exact) mass is 385 g/mol. The number of hydrogen-bond donors (Lipinski definition) is 1. The number of nitrogens with zero attached hydrogens (tertiary/aromatic N) is 2. The Labute approximate surface area is 168 Å². The summed E-state index contributed by atoms with van der Waals surface area (Å²) in [4.78, 5) is 44.4. The van der Waals surface area contributed by atoms with E-state index in [2.05, 4.69) is 10.3 Å². The van der Waals surface area contributed by atoms with Crippen LogP contribution >= 0.6 is 0 Å². The van der Waals surface area contributed by atoms with Crippen molar-refractivity contribution in [2.75, 3.05) is 5.32 Å². The molecule has 1 N–H and O–H groups in total. The van der Waals surface area contributed by atoms with Crippen LogP contribution in [0.15, 0.2) is 72.8 Å². The number of aromatic nitrogens is 1. The second kappa shape index (κ2) is 7.67. The van der Waals surface area contributed by atoms with Crippen molar-refractivity contribution in [3.8, 4) is 0 Å². The Morgan fingerprint density at radius 1 is 0.897 bits per heavy atom. The fourth-order valence-corrected chi connectivity index (χ4v) is 3.45. The van der Waals surface area contributed by atoms with E-state index in [1.54, 1.807) is 36.4 Å². The van der Waals surface area contributed by atoms with Crippen LogP contribution in [0, 0.1) is 6.92 Å². The molecule has 0 bridgehead atoms. The van der Waals surface area contributed by atoms with Gasteiger partial charge in [-0.3, -0.25) is 19.3 Å². The number of imide groups is 1. The molecule has 1 aliphatic rings. The van der Waals surface area contributed by atoms with Gasteiger partial charge >= 0.3 is 0 Å². The Morgan fingerprint density at radius 3 is 2.14 bits per heavy atom. The van der Waals surface area contributed by atoms with Crippen molar-refractivity contribution in [2.24, 2.45) is 0 Å². The van der Waals surface area contributed by atoms with E-state index in [1.807, 2.05) is 43.3 Å². The normalized spacial score (nSPS) is 13.9. The van der Waals surface area contributed by atoms with Gasteiger partial charge in [-0.05, 0) is 36.8 Å². The number of carbonyl (C=O) groups excluding carboxylic acids is 3. The van der Waals surface area contributed by atoms with Gasteiger partial charge in [0.1, 0.15) is 11.9 Å². The average molecular weight is 385 g/mol. The summed E-state index contributed by atoms with van der Waals surface area (Å²) >= 11 is 0. The molecular formula is C23H19N3O3. The van der Waals surface area contributed by atoms with E-state index in [4.69, 9.17) is 0 Å². The molecule has 144 valence electrons. The highest BCUT2D eigenvalue weighted by atomic mass is 16.2. The molecule has 1 unspecified atom stereocenters. The second-order valence-electron chi connectivity index (χ2n) is 6.88. The van der Waals surface area contributed by atoms with Gasteiger partial charge < -0.3 is 5.32 Å².